The highest BCUT2D eigenvalue weighted by Gasteiger charge is 2.33. The van der Waals surface area contributed by atoms with Gasteiger partial charge >= 0.3 is 0 Å². The molecule has 0 amide bonds. The van der Waals surface area contributed by atoms with Crippen LogP contribution in [0.25, 0.3) is 0 Å². The predicted molar refractivity (Wildman–Crippen MR) is 67.6 cm³/mol. The number of rotatable bonds is 5. The Morgan fingerprint density at radius 3 is 2.35 bits per heavy atom. The fourth-order valence-electron chi connectivity index (χ4n) is 2.48. The molecular weight excluding hydrogens is 212 g/mol. The molecule has 2 fully saturated rings. The van der Waals surface area contributed by atoms with E-state index in [0.29, 0.717) is 18.8 Å². The molecule has 2 rings (SSSR count). The fourth-order valence-corrected chi connectivity index (χ4v) is 2.48. The molecule has 0 spiro atoms. The second kappa shape index (κ2) is 5.84. The number of nitrogens with zero attached hydrogens (tertiary/aromatic N) is 1. The Bertz CT molecular complexity index is 274. The van der Waals surface area contributed by atoms with Gasteiger partial charge in [0, 0.05) is 6.04 Å². The van der Waals surface area contributed by atoms with Crippen molar-refractivity contribution in [1.29, 1.82) is 5.26 Å². The van der Waals surface area contributed by atoms with Crippen molar-refractivity contribution < 1.29 is 4.74 Å². The maximum absolute atomic E-state index is 9.25. The fraction of sp³-hybridized carbons (Fsp3) is 0.929. The minimum absolute atomic E-state index is 0.381. The second-order valence-corrected chi connectivity index (χ2v) is 5.79. The molecule has 0 bridgehead atoms. The summed E-state index contributed by atoms with van der Waals surface area (Å²) in [5.74, 6) is 0. The van der Waals surface area contributed by atoms with Crippen molar-refractivity contribution >= 4 is 0 Å². The van der Waals surface area contributed by atoms with Gasteiger partial charge in [0.05, 0.1) is 18.8 Å². The molecule has 1 unspecified atom stereocenters. The third-order valence-corrected chi connectivity index (χ3v) is 3.76. The summed E-state index contributed by atoms with van der Waals surface area (Å²) in [6, 6.07) is 2.92. The minimum atomic E-state index is -0.493. The van der Waals surface area contributed by atoms with Crippen LogP contribution in [0.15, 0.2) is 0 Å². The predicted octanol–water partition coefficient (Wildman–Crippen LogP) is 2.76. The summed E-state index contributed by atoms with van der Waals surface area (Å²) in [6.07, 6.45) is 10.4. The molecule has 3 nitrogen and oxygen atoms in total. The Morgan fingerprint density at radius 1 is 1.18 bits per heavy atom. The molecule has 1 atom stereocenters. The zero-order valence-electron chi connectivity index (χ0n) is 10.9. The molecule has 0 heterocycles. The summed E-state index contributed by atoms with van der Waals surface area (Å²) in [5.41, 5.74) is -0.493. The first kappa shape index (κ1) is 12.9. The highest BCUT2D eigenvalue weighted by molar-refractivity contribution is 5.07. The van der Waals surface area contributed by atoms with E-state index in [2.05, 4.69) is 11.4 Å². The van der Waals surface area contributed by atoms with Crippen molar-refractivity contribution in [1.82, 2.24) is 5.32 Å². The van der Waals surface area contributed by atoms with E-state index >= 15 is 0 Å². The number of ether oxygens (including phenoxy) is 1. The van der Waals surface area contributed by atoms with Gasteiger partial charge < -0.3 is 4.74 Å². The van der Waals surface area contributed by atoms with Crippen LogP contribution in [-0.4, -0.2) is 24.3 Å². The molecule has 0 saturated heterocycles. The SMILES string of the molecule is CC(C#N)(COC1CCCCCC1)NC1CC1. The summed E-state index contributed by atoms with van der Waals surface area (Å²) < 4.78 is 5.96. The zero-order chi connectivity index (χ0) is 12.1. The highest BCUT2D eigenvalue weighted by Crippen LogP contribution is 2.24. The van der Waals surface area contributed by atoms with E-state index in [1.807, 2.05) is 6.92 Å². The van der Waals surface area contributed by atoms with E-state index in [-0.39, 0.29) is 0 Å². The number of hydrogen-bond acceptors (Lipinski definition) is 3. The van der Waals surface area contributed by atoms with Gasteiger partial charge in [0.1, 0.15) is 5.54 Å². The van der Waals surface area contributed by atoms with E-state index in [1.165, 1.54) is 51.4 Å². The first-order valence-corrected chi connectivity index (χ1v) is 7.02. The van der Waals surface area contributed by atoms with Crippen LogP contribution < -0.4 is 5.32 Å². The number of nitrogens with one attached hydrogen (secondary N) is 1. The van der Waals surface area contributed by atoms with Crippen LogP contribution in [0.3, 0.4) is 0 Å². The Kier molecular flexibility index (Phi) is 4.42. The van der Waals surface area contributed by atoms with Gasteiger partial charge in [-0.1, -0.05) is 25.7 Å². The number of nitriles is 1. The lowest BCUT2D eigenvalue weighted by Gasteiger charge is -2.26. The molecule has 2 aliphatic rings. The van der Waals surface area contributed by atoms with E-state index in [0.717, 1.165) is 0 Å². The van der Waals surface area contributed by atoms with Crippen LogP contribution in [0, 0.1) is 11.3 Å². The van der Waals surface area contributed by atoms with Crippen LogP contribution >= 0.6 is 0 Å². The quantitative estimate of drug-likeness (QED) is 0.747. The maximum Gasteiger partial charge on any atom is 0.127 e. The Labute approximate surface area is 105 Å². The minimum Gasteiger partial charge on any atom is -0.375 e. The molecule has 1 N–H and O–H groups in total. The van der Waals surface area contributed by atoms with Crippen molar-refractivity contribution in [2.75, 3.05) is 6.61 Å². The molecule has 0 aromatic carbocycles. The average molecular weight is 236 g/mol. The average Bonchev–Trinajstić information content (AvgIpc) is 3.13. The van der Waals surface area contributed by atoms with Crippen LogP contribution in [0.1, 0.15) is 58.3 Å². The topological polar surface area (TPSA) is 45.0 Å². The lowest BCUT2D eigenvalue weighted by atomic mass is 10.1. The molecule has 3 heteroatoms. The van der Waals surface area contributed by atoms with Gasteiger partial charge in [0.25, 0.3) is 0 Å². The third-order valence-electron chi connectivity index (χ3n) is 3.76. The first-order valence-electron chi connectivity index (χ1n) is 7.02. The van der Waals surface area contributed by atoms with Crippen molar-refractivity contribution in [3.63, 3.8) is 0 Å². The standard InChI is InChI=1S/C14H24N2O/c1-14(10-15,16-12-8-9-12)11-17-13-6-4-2-3-5-7-13/h12-13,16H,2-9,11H2,1H3. The smallest absolute Gasteiger partial charge is 0.127 e. The summed E-state index contributed by atoms with van der Waals surface area (Å²) in [6.45, 7) is 2.49. The second-order valence-electron chi connectivity index (χ2n) is 5.79. The molecule has 17 heavy (non-hydrogen) atoms. The van der Waals surface area contributed by atoms with E-state index in [1.54, 1.807) is 0 Å². The molecular formula is C14H24N2O. The molecule has 2 aliphatic carbocycles. The van der Waals surface area contributed by atoms with Crippen molar-refractivity contribution in [2.45, 2.75) is 76.0 Å². The first-order chi connectivity index (χ1) is 8.22. The third kappa shape index (κ3) is 4.29. The Morgan fingerprint density at radius 2 is 1.82 bits per heavy atom. The van der Waals surface area contributed by atoms with E-state index in [4.69, 9.17) is 4.74 Å². The maximum atomic E-state index is 9.25. The van der Waals surface area contributed by atoms with Crippen LogP contribution in [0.4, 0.5) is 0 Å². The lowest BCUT2D eigenvalue weighted by molar-refractivity contribution is 0.0183. The molecule has 0 aromatic heterocycles. The normalized spacial score (nSPS) is 25.9. The van der Waals surface area contributed by atoms with Gasteiger partial charge in [-0.3, -0.25) is 5.32 Å². The summed E-state index contributed by atoms with van der Waals surface area (Å²) in [5, 5.41) is 12.6. The Hall–Kier alpha value is -0.590. The summed E-state index contributed by atoms with van der Waals surface area (Å²) in [7, 11) is 0. The molecule has 0 aliphatic heterocycles. The van der Waals surface area contributed by atoms with E-state index in [9.17, 15) is 5.26 Å². The van der Waals surface area contributed by atoms with Crippen LogP contribution in [0.2, 0.25) is 0 Å². The van der Waals surface area contributed by atoms with Crippen LogP contribution in [0.5, 0.6) is 0 Å². The van der Waals surface area contributed by atoms with Gasteiger partial charge in [0.15, 0.2) is 0 Å². The Balaban J connectivity index is 1.75. The largest absolute Gasteiger partial charge is 0.375 e. The van der Waals surface area contributed by atoms with Gasteiger partial charge in [-0.05, 0) is 32.6 Å². The molecule has 96 valence electrons. The van der Waals surface area contributed by atoms with Crippen molar-refractivity contribution in [3.05, 3.63) is 0 Å². The molecule has 2 saturated carbocycles. The monoisotopic (exact) mass is 236 g/mol. The summed E-state index contributed by atoms with van der Waals surface area (Å²) >= 11 is 0. The van der Waals surface area contributed by atoms with Crippen LogP contribution in [-0.2, 0) is 4.74 Å². The van der Waals surface area contributed by atoms with E-state index < -0.39 is 5.54 Å². The number of hydrogen-bond donors (Lipinski definition) is 1. The van der Waals surface area contributed by atoms with Crippen molar-refractivity contribution in [2.24, 2.45) is 0 Å². The lowest BCUT2D eigenvalue weighted by Crippen LogP contribution is -2.47. The molecule has 0 radical (unpaired) electrons. The summed E-state index contributed by atoms with van der Waals surface area (Å²) in [4.78, 5) is 0. The molecule has 0 aromatic rings. The van der Waals surface area contributed by atoms with Gasteiger partial charge in [-0.15, -0.1) is 0 Å². The zero-order valence-corrected chi connectivity index (χ0v) is 10.9. The van der Waals surface area contributed by atoms with Crippen molar-refractivity contribution in [3.8, 4) is 6.07 Å². The van der Waals surface area contributed by atoms with Gasteiger partial charge in [-0.2, -0.15) is 5.26 Å². The van der Waals surface area contributed by atoms with Gasteiger partial charge in [-0.25, -0.2) is 0 Å². The highest BCUT2D eigenvalue weighted by atomic mass is 16.5. The van der Waals surface area contributed by atoms with Gasteiger partial charge in [0.2, 0.25) is 0 Å².